The number of anilines is 2. The fourth-order valence-corrected chi connectivity index (χ4v) is 4.95. The summed E-state index contributed by atoms with van der Waals surface area (Å²) in [6, 6.07) is 10.5. The summed E-state index contributed by atoms with van der Waals surface area (Å²) in [5, 5.41) is 5.41. The van der Waals surface area contributed by atoms with Crippen LogP contribution in [0.3, 0.4) is 0 Å². The molecule has 4 amide bonds. The van der Waals surface area contributed by atoms with E-state index in [-0.39, 0.29) is 24.4 Å². The number of rotatable bonds is 4. The van der Waals surface area contributed by atoms with Gasteiger partial charge in [0.05, 0.1) is 17.9 Å². The Hall–Kier alpha value is -3.95. The van der Waals surface area contributed by atoms with Crippen LogP contribution in [0.2, 0.25) is 0 Å². The van der Waals surface area contributed by atoms with Crippen molar-refractivity contribution < 1.29 is 23.9 Å². The molecule has 220 valence electrons. The molecule has 1 aliphatic carbocycles. The van der Waals surface area contributed by atoms with Crippen LogP contribution in [0.25, 0.3) is 0 Å². The molecular weight excluding hydrogens is 522 g/mol. The highest BCUT2D eigenvalue weighted by molar-refractivity contribution is 6.39. The Labute approximate surface area is 241 Å². The van der Waals surface area contributed by atoms with Crippen LogP contribution in [0.15, 0.2) is 42.6 Å². The lowest BCUT2D eigenvalue weighted by molar-refractivity contribution is -0.154. The Morgan fingerprint density at radius 3 is 2.17 bits per heavy atom. The van der Waals surface area contributed by atoms with E-state index in [9.17, 15) is 19.2 Å². The number of piperazine rings is 1. The van der Waals surface area contributed by atoms with Gasteiger partial charge in [0, 0.05) is 30.1 Å². The quantitative estimate of drug-likeness (QED) is 0.500. The van der Waals surface area contributed by atoms with E-state index < -0.39 is 35.0 Å². The number of carbonyl (C=O) groups excluding carboxylic acids is 4. The molecule has 1 saturated heterocycles. The number of hydrogen-bond acceptors (Lipinski definition) is 6. The number of hydrogen-bond donors (Lipinski definition) is 2. The van der Waals surface area contributed by atoms with Gasteiger partial charge < -0.3 is 19.9 Å². The minimum Gasteiger partial charge on any atom is -0.444 e. The highest BCUT2D eigenvalue weighted by Gasteiger charge is 2.42. The molecule has 1 aliphatic heterocycles. The zero-order chi connectivity index (χ0) is 30.1. The van der Waals surface area contributed by atoms with Gasteiger partial charge in [-0.05, 0) is 58.1 Å². The van der Waals surface area contributed by atoms with Gasteiger partial charge in [0.15, 0.2) is 0 Å². The van der Waals surface area contributed by atoms with Crippen LogP contribution in [0.1, 0.15) is 84.4 Å². The highest BCUT2D eigenvalue weighted by atomic mass is 16.6. The molecule has 1 aromatic carbocycles. The molecule has 0 spiro atoms. The number of carbonyl (C=O) groups is 4. The summed E-state index contributed by atoms with van der Waals surface area (Å²) in [6.07, 6.45) is 2.69. The standard InChI is InChI=1S/C31H41N5O5/c1-19-17-36(24(21-11-9-8-10-12-21)18-35(19)28(39)30(2,3)4)27(38)26(37)33-22-15-23(20-13-14-20)25(32-16-22)34-29(40)41-31(5,6)7/h8-12,15-16,19-20,24H,13-14,17-18H2,1-7H3,(H,33,37)(H,32,34,40)/t19-,24-/m1/s1. The van der Waals surface area contributed by atoms with Gasteiger partial charge in [-0.15, -0.1) is 0 Å². The van der Waals surface area contributed by atoms with Gasteiger partial charge in [-0.25, -0.2) is 9.78 Å². The molecule has 2 heterocycles. The van der Waals surface area contributed by atoms with Crippen molar-refractivity contribution in [3.05, 3.63) is 53.7 Å². The van der Waals surface area contributed by atoms with Crippen LogP contribution < -0.4 is 10.6 Å². The van der Waals surface area contributed by atoms with Crippen LogP contribution in [-0.2, 0) is 19.1 Å². The molecule has 4 rings (SSSR count). The molecular formula is C31H41N5O5. The zero-order valence-corrected chi connectivity index (χ0v) is 25.0. The second kappa shape index (κ2) is 11.5. The van der Waals surface area contributed by atoms with Gasteiger partial charge in [0.25, 0.3) is 0 Å². The predicted molar refractivity (Wildman–Crippen MR) is 156 cm³/mol. The summed E-state index contributed by atoms with van der Waals surface area (Å²) < 4.78 is 5.35. The van der Waals surface area contributed by atoms with Crippen molar-refractivity contribution >= 4 is 35.3 Å². The third-order valence-corrected chi connectivity index (χ3v) is 7.09. The summed E-state index contributed by atoms with van der Waals surface area (Å²) >= 11 is 0. The average molecular weight is 564 g/mol. The van der Waals surface area contributed by atoms with Gasteiger partial charge in [-0.3, -0.25) is 19.7 Å². The maximum absolute atomic E-state index is 13.6. The van der Waals surface area contributed by atoms with Crippen LogP contribution in [0.4, 0.5) is 16.3 Å². The predicted octanol–water partition coefficient (Wildman–Crippen LogP) is 5.09. The largest absolute Gasteiger partial charge is 0.444 e. The number of amides is 4. The van der Waals surface area contributed by atoms with E-state index in [1.54, 1.807) is 31.7 Å². The summed E-state index contributed by atoms with van der Waals surface area (Å²) in [7, 11) is 0. The Morgan fingerprint density at radius 2 is 1.59 bits per heavy atom. The molecule has 2 aliphatic rings. The van der Waals surface area contributed by atoms with Crippen LogP contribution >= 0.6 is 0 Å². The second-order valence-electron chi connectivity index (χ2n) is 13.0. The third kappa shape index (κ3) is 7.42. The van der Waals surface area contributed by atoms with Gasteiger partial charge in [-0.1, -0.05) is 51.1 Å². The van der Waals surface area contributed by atoms with Gasteiger partial charge in [0.1, 0.15) is 11.4 Å². The van der Waals surface area contributed by atoms with Crippen molar-refractivity contribution in [1.29, 1.82) is 0 Å². The Balaban J connectivity index is 1.53. The van der Waals surface area contributed by atoms with E-state index in [1.165, 1.54) is 6.20 Å². The summed E-state index contributed by atoms with van der Waals surface area (Å²) in [4.78, 5) is 60.1. The van der Waals surface area contributed by atoms with Crippen LogP contribution in [0, 0.1) is 5.41 Å². The van der Waals surface area contributed by atoms with E-state index in [2.05, 4.69) is 15.6 Å². The summed E-state index contributed by atoms with van der Waals surface area (Å²) in [5.74, 6) is -0.885. The summed E-state index contributed by atoms with van der Waals surface area (Å²) in [6.45, 7) is 13.4. The first-order valence-electron chi connectivity index (χ1n) is 14.1. The number of benzene rings is 1. The Morgan fingerprint density at radius 1 is 0.927 bits per heavy atom. The minimum atomic E-state index is -0.787. The SMILES string of the molecule is C[C@@H]1CN(C(=O)C(=O)Nc2cnc(NC(=O)OC(C)(C)C)c(C3CC3)c2)[C@@H](c2ccccc2)CN1C(=O)C(C)(C)C. The molecule has 2 aromatic rings. The second-order valence-corrected chi connectivity index (χ2v) is 13.0. The maximum Gasteiger partial charge on any atom is 0.413 e. The molecule has 0 bridgehead atoms. The summed E-state index contributed by atoms with van der Waals surface area (Å²) in [5.41, 5.74) is 0.772. The van der Waals surface area contributed by atoms with E-state index in [0.29, 0.717) is 18.1 Å². The van der Waals surface area contributed by atoms with Crippen molar-refractivity contribution in [2.24, 2.45) is 5.41 Å². The Bertz CT molecular complexity index is 1310. The fraction of sp³-hybridized carbons (Fsp3) is 0.516. The van der Waals surface area contributed by atoms with Crippen molar-refractivity contribution in [2.45, 2.75) is 84.9 Å². The first-order chi connectivity index (χ1) is 19.1. The maximum atomic E-state index is 13.6. The fourth-order valence-electron chi connectivity index (χ4n) is 4.95. The molecule has 2 N–H and O–H groups in total. The highest BCUT2D eigenvalue weighted by Crippen LogP contribution is 2.43. The molecule has 0 radical (unpaired) electrons. The number of pyridine rings is 1. The molecule has 2 fully saturated rings. The first kappa shape index (κ1) is 30.0. The number of ether oxygens (including phenoxy) is 1. The number of nitrogens with one attached hydrogen (secondary N) is 2. The Kier molecular flexibility index (Phi) is 8.42. The third-order valence-electron chi connectivity index (χ3n) is 7.09. The van der Waals surface area contributed by atoms with Crippen LogP contribution in [0.5, 0.6) is 0 Å². The van der Waals surface area contributed by atoms with Gasteiger partial charge in [-0.2, -0.15) is 0 Å². The van der Waals surface area contributed by atoms with Gasteiger partial charge >= 0.3 is 17.9 Å². The van der Waals surface area contributed by atoms with Crippen LogP contribution in [-0.4, -0.2) is 63.3 Å². The van der Waals surface area contributed by atoms with E-state index >= 15 is 0 Å². The van der Waals surface area contributed by atoms with E-state index in [1.807, 2.05) is 62.9 Å². The molecule has 0 unspecified atom stereocenters. The molecule has 41 heavy (non-hydrogen) atoms. The topological polar surface area (TPSA) is 121 Å². The monoisotopic (exact) mass is 563 g/mol. The smallest absolute Gasteiger partial charge is 0.413 e. The van der Waals surface area contributed by atoms with Gasteiger partial charge in [0.2, 0.25) is 5.91 Å². The molecule has 2 atom stereocenters. The molecule has 10 heteroatoms. The van der Waals surface area contributed by atoms with Crippen molar-refractivity contribution in [2.75, 3.05) is 23.7 Å². The van der Waals surface area contributed by atoms with Crippen molar-refractivity contribution in [3.8, 4) is 0 Å². The molecule has 10 nitrogen and oxygen atoms in total. The zero-order valence-electron chi connectivity index (χ0n) is 25.0. The number of nitrogens with zero attached hydrogens (tertiary/aromatic N) is 3. The normalized spacial score (nSPS) is 19.4. The lowest BCUT2D eigenvalue weighted by Crippen LogP contribution is -2.60. The lowest BCUT2D eigenvalue weighted by Gasteiger charge is -2.46. The molecule has 1 saturated carbocycles. The van der Waals surface area contributed by atoms with E-state index in [4.69, 9.17) is 4.74 Å². The first-order valence-corrected chi connectivity index (χ1v) is 14.1. The van der Waals surface area contributed by atoms with Crippen molar-refractivity contribution in [1.82, 2.24) is 14.8 Å². The van der Waals surface area contributed by atoms with Crippen molar-refractivity contribution in [3.63, 3.8) is 0 Å². The minimum absolute atomic E-state index is 0.00115. The van der Waals surface area contributed by atoms with E-state index in [0.717, 1.165) is 24.0 Å². The number of aromatic nitrogens is 1. The average Bonchev–Trinajstić information content (AvgIpc) is 3.73. The molecule has 1 aromatic heterocycles. The lowest BCUT2D eigenvalue weighted by atomic mass is 9.91.